The summed E-state index contributed by atoms with van der Waals surface area (Å²) >= 11 is 0. The third kappa shape index (κ3) is 2.67. The number of rotatable bonds is 5. The Morgan fingerprint density at radius 2 is 2.21 bits per heavy atom. The highest BCUT2D eigenvalue weighted by atomic mass is 16.6. The number of benzene rings is 1. The molecule has 2 N–H and O–H groups in total. The van der Waals surface area contributed by atoms with Gasteiger partial charge in [0.2, 0.25) is 0 Å². The van der Waals surface area contributed by atoms with Crippen LogP contribution in [0.5, 0.6) is 0 Å². The van der Waals surface area contributed by atoms with Crippen molar-refractivity contribution < 1.29 is 14.8 Å². The van der Waals surface area contributed by atoms with E-state index in [2.05, 4.69) is 12.2 Å². The first-order valence-electron chi connectivity index (χ1n) is 6.17. The topological polar surface area (TPSA) is 92.5 Å². The van der Waals surface area contributed by atoms with E-state index in [9.17, 15) is 14.9 Å². The Bertz CT molecular complexity index is 491. The number of hydrogen-bond donors (Lipinski definition) is 2. The van der Waals surface area contributed by atoms with Crippen molar-refractivity contribution in [1.82, 2.24) is 0 Å². The fraction of sp³-hybridized carbons (Fsp3) is 0.462. The van der Waals surface area contributed by atoms with E-state index in [1.54, 1.807) is 0 Å². The van der Waals surface area contributed by atoms with Crippen LogP contribution in [0.25, 0.3) is 0 Å². The zero-order valence-corrected chi connectivity index (χ0v) is 10.7. The van der Waals surface area contributed by atoms with E-state index in [4.69, 9.17) is 5.11 Å². The van der Waals surface area contributed by atoms with E-state index in [0.717, 1.165) is 19.3 Å². The second-order valence-corrected chi connectivity index (χ2v) is 5.28. The number of nitrogens with one attached hydrogen (secondary N) is 1. The third-order valence-electron chi connectivity index (χ3n) is 3.72. The molecule has 6 heteroatoms. The minimum absolute atomic E-state index is 0.0582. The zero-order valence-electron chi connectivity index (χ0n) is 10.7. The lowest BCUT2D eigenvalue weighted by molar-refractivity contribution is -0.384. The van der Waals surface area contributed by atoms with Crippen molar-refractivity contribution in [3.8, 4) is 0 Å². The van der Waals surface area contributed by atoms with Crippen LogP contribution in [0.2, 0.25) is 0 Å². The smallest absolute Gasteiger partial charge is 0.338 e. The summed E-state index contributed by atoms with van der Waals surface area (Å²) in [6, 6.07) is 4.08. The third-order valence-corrected chi connectivity index (χ3v) is 3.72. The van der Waals surface area contributed by atoms with Crippen LogP contribution in [0.15, 0.2) is 18.2 Å². The predicted molar refractivity (Wildman–Crippen MR) is 70.5 cm³/mol. The van der Waals surface area contributed by atoms with Gasteiger partial charge in [0.15, 0.2) is 0 Å². The van der Waals surface area contributed by atoms with Crippen LogP contribution in [0, 0.1) is 15.5 Å². The highest BCUT2D eigenvalue weighted by Gasteiger charge is 2.32. The van der Waals surface area contributed by atoms with Crippen molar-refractivity contribution in [1.29, 1.82) is 0 Å². The SMILES string of the molecule is CC1(CNc2c(C(=O)O)cccc2[N+](=O)[O-])CCC1. The van der Waals surface area contributed by atoms with Crippen molar-refractivity contribution >= 4 is 17.3 Å². The van der Waals surface area contributed by atoms with Gasteiger partial charge in [-0.3, -0.25) is 10.1 Å². The molecule has 1 aromatic carbocycles. The molecule has 0 radical (unpaired) electrons. The molecular weight excluding hydrogens is 248 g/mol. The molecule has 102 valence electrons. The number of anilines is 1. The summed E-state index contributed by atoms with van der Waals surface area (Å²) in [5.41, 5.74) is -0.0347. The number of para-hydroxylation sites is 1. The zero-order chi connectivity index (χ0) is 14.0. The monoisotopic (exact) mass is 264 g/mol. The molecule has 19 heavy (non-hydrogen) atoms. The number of nitro benzene ring substituents is 1. The van der Waals surface area contributed by atoms with Crippen LogP contribution in [-0.2, 0) is 0 Å². The van der Waals surface area contributed by atoms with Crippen molar-refractivity contribution in [2.45, 2.75) is 26.2 Å². The van der Waals surface area contributed by atoms with Crippen molar-refractivity contribution in [3.63, 3.8) is 0 Å². The van der Waals surface area contributed by atoms with Gasteiger partial charge in [-0.25, -0.2) is 4.79 Å². The van der Waals surface area contributed by atoms with E-state index in [-0.39, 0.29) is 22.4 Å². The van der Waals surface area contributed by atoms with Gasteiger partial charge in [0, 0.05) is 12.6 Å². The van der Waals surface area contributed by atoms with E-state index in [1.165, 1.54) is 18.2 Å². The second-order valence-electron chi connectivity index (χ2n) is 5.28. The molecule has 0 saturated heterocycles. The predicted octanol–water partition coefficient (Wildman–Crippen LogP) is 2.90. The Kier molecular flexibility index (Phi) is 3.42. The minimum Gasteiger partial charge on any atom is -0.478 e. The Morgan fingerprint density at radius 1 is 1.53 bits per heavy atom. The Hall–Kier alpha value is -2.11. The number of nitrogens with zero attached hydrogens (tertiary/aromatic N) is 1. The van der Waals surface area contributed by atoms with Crippen LogP contribution in [0.1, 0.15) is 36.5 Å². The van der Waals surface area contributed by atoms with Crippen LogP contribution in [-0.4, -0.2) is 22.5 Å². The first kappa shape index (κ1) is 13.3. The van der Waals surface area contributed by atoms with Crippen molar-refractivity contribution in [2.24, 2.45) is 5.41 Å². The summed E-state index contributed by atoms with van der Waals surface area (Å²) in [6.07, 6.45) is 3.27. The number of carboxylic acids is 1. The molecule has 0 unspecified atom stereocenters. The highest BCUT2D eigenvalue weighted by Crippen LogP contribution is 2.41. The van der Waals surface area contributed by atoms with Gasteiger partial charge in [-0.2, -0.15) is 0 Å². The molecular formula is C13H16N2O4. The van der Waals surface area contributed by atoms with E-state index < -0.39 is 10.9 Å². The second kappa shape index (κ2) is 4.87. The molecule has 1 fully saturated rings. The Morgan fingerprint density at radius 3 is 2.68 bits per heavy atom. The molecule has 0 bridgehead atoms. The maximum absolute atomic E-state index is 11.1. The molecule has 6 nitrogen and oxygen atoms in total. The molecule has 0 aromatic heterocycles. The van der Waals surface area contributed by atoms with Gasteiger partial charge in [-0.05, 0) is 24.3 Å². The molecule has 0 spiro atoms. The number of hydrogen-bond acceptors (Lipinski definition) is 4. The number of aromatic carboxylic acids is 1. The van der Waals surface area contributed by atoms with Crippen molar-refractivity contribution in [3.05, 3.63) is 33.9 Å². The van der Waals surface area contributed by atoms with Gasteiger partial charge in [-0.15, -0.1) is 0 Å². The van der Waals surface area contributed by atoms with Gasteiger partial charge >= 0.3 is 5.97 Å². The van der Waals surface area contributed by atoms with Gasteiger partial charge < -0.3 is 10.4 Å². The maximum atomic E-state index is 11.1. The maximum Gasteiger partial charge on any atom is 0.338 e. The molecule has 1 aliphatic carbocycles. The summed E-state index contributed by atoms with van der Waals surface area (Å²) in [5.74, 6) is -1.16. The molecule has 0 amide bonds. The number of carbonyl (C=O) groups is 1. The van der Waals surface area contributed by atoms with Gasteiger partial charge in [0.25, 0.3) is 5.69 Å². The van der Waals surface area contributed by atoms with Gasteiger partial charge in [0.05, 0.1) is 10.5 Å². The van der Waals surface area contributed by atoms with Crippen LogP contribution < -0.4 is 5.32 Å². The summed E-state index contributed by atoms with van der Waals surface area (Å²) in [6.45, 7) is 2.65. The summed E-state index contributed by atoms with van der Waals surface area (Å²) in [4.78, 5) is 21.6. The fourth-order valence-corrected chi connectivity index (χ4v) is 2.32. The summed E-state index contributed by atoms with van der Waals surface area (Å²) < 4.78 is 0. The number of nitro groups is 1. The highest BCUT2D eigenvalue weighted by molar-refractivity contribution is 5.96. The standard InChI is InChI=1S/C13H16N2O4/c1-13(6-3-7-13)8-14-11-9(12(16)17)4-2-5-10(11)15(18)19/h2,4-5,14H,3,6-8H2,1H3,(H,16,17). The lowest BCUT2D eigenvalue weighted by Gasteiger charge is -2.38. The fourth-order valence-electron chi connectivity index (χ4n) is 2.32. The first-order valence-corrected chi connectivity index (χ1v) is 6.17. The molecule has 1 aliphatic rings. The molecule has 1 aromatic rings. The quantitative estimate of drug-likeness (QED) is 0.630. The lowest BCUT2D eigenvalue weighted by atomic mass is 9.70. The van der Waals surface area contributed by atoms with Crippen LogP contribution >= 0.6 is 0 Å². The van der Waals surface area contributed by atoms with E-state index in [1.807, 2.05) is 0 Å². The average molecular weight is 264 g/mol. The summed E-state index contributed by atoms with van der Waals surface area (Å²) in [5, 5.41) is 23.1. The largest absolute Gasteiger partial charge is 0.478 e. The summed E-state index contributed by atoms with van der Waals surface area (Å²) in [7, 11) is 0. The lowest BCUT2D eigenvalue weighted by Crippen LogP contribution is -2.33. The van der Waals surface area contributed by atoms with E-state index in [0.29, 0.717) is 6.54 Å². The minimum atomic E-state index is -1.16. The average Bonchev–Trinajstić information content (AvgIpc) is 2.33. The molecule has 2 rings (SSSR count). The molecule has 0 heterocycles. The van der Waals surface area contributed by atoms with Crippen molar-refractivity contribution in [2.75, 3.05) is 11.9 Å². The Labute approximate surface area is 110 Å². The normalized spacial score (nSPS) is 16.5. The van der Waals surface area contributed by atoms with Crippen LogP contribution in [0.4, 0.5) is 11.4 Å². The molecule has 0 atom stereocenters. The molecule has 0 aliphatic heterocycles. The van der Waals surface area contributed by atoms with Crippen LogP contribution in [0.3, 0.4) is 0 Å². The first-order chi connectivity index (χ1) is 8.93. The molecule has 1 saturated carbocycles. The van der Waals surface area contributed by atoms with E-state index >= 15 is 0 Å². The Balaban J connectivity index is 2.29. The van der Waals surface area contributed by atoms with Gasteiger partial charge in [-0.1, -0.05) is 19.4 Å². The number of carboxylic acid groups (broad SMARTS) is 1. The van der Waals surface area contributed by atoms with Gasteiger partial charge in [0.1, 0.15) is 5.69 Å².